The summed E-state index contributed by atoms with van der Waals surface area (Å²) in [5.74, 6) is 1.15. The van der Waals surface area contributed by atoms with E-state index in [2.05, 4.69) is 16.9 Å². The Morgan fingerprint density at radius 3 is 2.92 bits per heavy atom. The number of fused-ring (bicyclic) bond motifs is 1. The number of carbonyl (C=O) groups excluding carboxylic acids is 1. The van der Waals surface area contributed by atoms with E-state index in [1.54, 1.807) is 17.9 Å². The average molecular weight is 178 g/mol. The normalized spacial score (nSPS) is 15.7. The quantitative estimate of drug-likeness (QED) is 0.625. The minimum atomic E-state index is -0.126. The molecule has 2 rings (SSSR count). The molecule has 1 N–H and O–H groups in total. The predicted molar refractivity (Wildman–Crippen MR) is 48.1 cm³/mol. The van der Waals surface area contributed by atoms with Crippen molar-refractivity contribution in [3.63, 3.8) is 0 Å². The van der Waals surface area contributed by atoms with Crippen LogP contribution in [0.15, 0.2) is 18.7 Å². The third kappa shape index (κ3) is 0.932. The summed E-state index contributed by atoms with van der Waals surface area (Å²) < 4.78 is 1.76. The zero-order valence-corrected chi connectivity index (χ0v) is 7.53. The Hall–Kier alpha value is -1.78. The first-order valence-corrected chi connectivity index (χ1v) is 3.86. The van der Waals surface area contributed by atoms with E-state index in [9.17, 15) is 4.79 Å². The molecule has 1 aromatic heterocycles. The molecule has 1 aliphatic rings. The summed E-state index contributed by atoms with van der Waals surface area (Å²) in [6.45, 7) is 3.72. The number of rotatable bonds is 0. The minimum absolute atomic E-state index is 0.126. The van der Waals surface area contributed by atoms with Crippen LogP contribution in [0.5, 0.6) is 0 Å². The van der Waals surface area contributed by atoms with Gasteiger partial charge in [-0.05, 0) is 0 Å². The van der Waals surface area contributed by atoms with Crippen molar-refractivity contribution in [1.82, 2.24) is 14.5 Å². The van der Waals surface area contributed by atoms with Gasteiger partial charge in [0.1, 0.15) is 11.6 Å². The standard InChI is InChI=1S/C8H10N4O/c1-5-10-7-6(8(13)12(5)3)9-4-11(7)2/h4,10H,1H2,2-3H3. The van der Waals surface area contributed by atoms with Gasteiger partial charge in [0.15, 0.2) is 5.69 Å². The third-order valence-electron chi connectivity index (χ3n) is 2.11. The number of amides is 1. The Morgan fingerprint density at radius 2 is 2.23 bits per heavy atom. The molecule has 0 saturated carbocycles. The van der Waals surface area contributed by atoms with Gasteiger partial charge in [-0.3, -0.25) is 9.69 Å². The number of nitrogens with zero attached hydrogens (tertiary/aromatic N) is 3. The number of hydrogen-bond acceptors (Lipinski definition) is 3. The molecule has 0 bridgehead atoms. The van der Waals surface area contributed by atoms with Gasteiger partial charge >= 0.3 is 0 Å². The molecular formula is C8H10N4O. The Balaban J connectivity index is 2.57. The molecule has 0 spiro atoms. The van der Waals surface area contributed by atoms with Crippen molar-refractivity contribution < 1.29 is 4.79 Å². The second-order valence-corrected chi connectivity index (χ2v) is 2.99. The molecule has 0 saturated heterocycles. The van der Waals surface area contributed by atoms with Crippen molar-refractivity contribution in [1.29, 1.82) is 0 Å². The first-order chi connectivity index (χ1) is 6.11. The second kappa shape index (κ2) is 2.35. The van der Waals surface area contributed by atoms with E-state index < -0.39 is 0 Å². The van der Waals surface area contributed by atoms with Crippen molar-refractivity contribution in [2.24, 2.45) is 7.05 Å². The van der Waals surface area contributed by atoms with E-state index in [1.807, 2.05) is 7.05 Å². The van der Waals surface area contributed by atoms with E-state index in [-0.39, 0.29) is 5.91 Å². The van der Waals surface area contributed by atoms with Crippen molar-refractivity contribution in [2.45, 2.75) is 0 Å². The molecule has 0 aliphatic carbocycles. The minimum Gasteiger partial charge on any atom is -0.326 e. The summed E-state index contributed by atoms with van der Waals surface area (Å²) in [5, 5.41) is 3.00. The molecule has 0 fully saturated rings. The number of aryl methyl sites for hydroxylation is 1. The molecule has 68 valence electrons. The second-order valence-electron chi connectivity index (χ2n) is 2.99. The number of anilines is 1. The summed E-state index contributed by atoms with van der Waals surface area (Å²) in [4.78, 5) is 17.0. The third-order valence-corrected chi connectivity index (χ3v) is 2.11. The van der Waals surface area contributed by atoms with Gasteiger partial charge in [-0.25, -0.2) is 4.98 Å². The van der Waals surface area contributed by atoms with Crippen LogP contribution in [0.3, 0.4) is 0 Å². The highest BCUT2D eigenvalue weighted by molar-refractivity contribution is 6.00. The molecule has 1 aromatic rings. The van der Waals surface area contributed by atoms with Crippen LogP contribution in [-0.4, -0.2) is 27.4 Å². The lowest BCUT2D eigenvalue weighted by Gasteiger charge is -2.25. The molecule has 5 nitrogen and oxygen atoms in total. The fourth-order valence-electron chi connectivity index (χ4n) is 1.24. The van der Waals surface area contributed by atoms with Crippen LogP contribution in [0.25, 0.3) is 0 Å². The lowest BCUT2D eigenvalue weighted by Crippen LogP contribution is -2.34. The molecule has 0 radical (unpaired) electrons. The maximum atomic E-state index is 11.6. The fraction of sp³-hybridized carbons (Fsp3) is 0.250. The van der Waals surface area contributed by atoms with Crippen molar-refractivity contribution in [2.75, 3.05) is 12.4 Å². The number of nitrogens with one attached hydrogen (secondary N) is 1. The predicted octanol–water partition coefficient (Wildman–Crippen LogP) is 0.389. The van der Waals surface area contributed by atoms with Gasteiger partial charge < -0.3 is 9.88 Å². The van der Waals surface area contributed by atoms with E-state index in [0.29, 0.717) is 17.3 Å². The Labute approximate surface area is 75.7 Å². The molecule has 1 aliphatic heterocycles. The van der Waals surface area contributed by atoms with Crippen molar-refractivity contribution >= 4 is 11.7 Å². The number of imidazole rings is 1. The van der Waals surface area contributed by atoms with E-state index in [1.165, 1.54) is 4.90 Å². The molecular weight excluding hydrogens is 168 g/mol. The van der Waals surface area contributed by atoms with Gasteiger partial charge in [0.05, 0.1) is 6.33 Å². The lowest BCUT2D eigenvalue weighted by molar-refractivity contribution is 0.0827. The maximum Gasteiger partial charge on any atom is 0.281 e. The molecule has 0 atom stereocenters. The van der Waals surface area contributed by atoms with Gasteiger partial charge in [-0.1, -0.05) is 6.58 Å². The van der Waals surface area contributed by atoms with E-state index >= 15 is 0 Å². The van der Waals surface area contributed by atoms with Gasteiger partial charge in [-0.15, -0.1) is 0 Å². The fourth-order valence-corrected chi connectivity index (χ4v) is 1.24. The lowest BCUT2D eigenvalue weighted by atomic mass is 10.3. The van der Waals surface area contributed by atoms with Gasteiger partial charge in [0.2, 0.25) is 0 Å². The molecule has 0 unspecified atom stereocenters. The van der Waals surface area contributed by atoms with Crippen LogP contribution in [0.4, 0.5) is 5.82 Å². The molecule has 1 amide bonds. The van der Waals surface area contributed by atoms with Gasteiger partial charge in [0, 0.05) is 14.1 Å². The molecule has 2 heterocycles. The zero-order valence-electron chi connectivity index (χ0n) is 7.53. The number of aromatic nitrogens is 2. The van der Waals surface area contributed by atoms with Crippen LogP contribution in [0, 0.1) is 0 Å². The van der Waals surface area contributed by atoms with Gasteiger partial charge in [0.25, 0.3) is 5.91 Å². The van der Waals surface area contributed by atoms with E-state index in [4.69, 9.17) is 0 Å². The zero-order chi connectivity index (χ0) is 9.59. The van der Waals surface area contributed by atoms with Crippen molar-refractivity contribution in [3.8, 4) is 0 Å². The van der Waals surface area contributed by atoms with Crippen LogP contribution in [-0.2, 0) is 7.05 Å². The van der Waals surface area contributed by atoms with Crippen LogP contribution < -0.4 is 5.32 Å². The van der Waals surface area contributed by atoms with Crippen LogP contribution >= 0.6 is 0 Å². The number of hydrogen-bond donors (Lipinski definition) is 1. The Kier molecular flexibility index (Phi) is 1.42. The van der Waals surface area contributed by atoms with Crippen molar-refractivity contribution in [3.05, 3.63) is 24.4 Å². The van der Waals surface area contributed by atoms with Crippen LogP contribution in [0.1, 0.15) is 10.5 Å². The van der Waals surface area contributed by atoms with E-state index in [0.717, 1.165) is 0 Å². The maximum absolute atomic E-state index is 11.6. The average Bonchev–Trinajstić information content (AvgIpc) is 2.45. The largest absolute Gasteiger partial charge is 0.326 e. The highest BCUT2D eigenvalue weighted by Crippen LogP contribution is 2.23. The molecule has 5 heteroatoms. The highest BCUT2D eigenvalue weighted by atomic mass is 16.2. The van der Waals surface area contributed by atoms with Crippen LogP contribution in [0.2, 0.25) is 0 Å². The Bertz CT molecular complexity index is 393. The smallest absolute Gasteiger partial charge is 0.281 e. The monoisotopic (exact) mass is 178 g/mol. The highest BCUT2D eigenvalue weighted by Gasteiger charge is 2.27. The van der Waals surface area contributed by atoms with Gasteiger partial charge in [-0.2, -0.15) is 0 Å². The topological polar surface area (TPSA) is 50.2 Å². The summed E-state index contributed by atoms with van der Waals surface area (Å²) in [5.41, 5.74) is 0.442. The molecule has 13 heavy (non-hydrogen) atoms. The first-order valence-electron chi connectivity index (χ1n) is 3.86. The summed E-state index contributed by atoms with van der Waals surface area (Å²) in [7, 11) is 3.49. The summed E-state index contributed by atoms with van der Waals surface area (Å²) >= 11 is 0. The summed E-state index contributed by atoms with van der Waals surface area (Å²) in [6.07, 6.45) is 1.60. The molecule has 0 aromatic carbocycles. The SMILES string of the molecule is C=C1Nc2c(ncn2C)C(=O)N1C. The first kappa shape index (κ1) is 7.85. The summed E-state index contributed by atoms with van der Waals surface area (Å²) in [6, 6.07) is 0. The number of carbonyl (C=O) groups is 1. The Morgan fingerprint density at radius 1 is 1.54 bits per heavy atom.